The number of nitriles is 1. The summed E-state index contributed by atoms with van der Waals surface area (Å²) in [5.41, 5.74) is 0.677. The van der Waals surface area contributed by atoms with Crippen molar-refractivity contribution in [3.8, 4) is 6.07 Å². The van der Waals surface area contributed by atoms with Crippen molar-refractivity contribution < 1.29 is 14.5 Å². The molecule has 1 aromatic heterocycles. The van der Waals surface area contributed by atoms with Crippen molar-refractivity contribution in [2.75, 3.05) is 6.61 Å². The second-order valence-electron chi connectivity index (χ2n) is 4.24. The standard InChI is InChI=1S/C14H11N3O4S2/c1-2-21-13(18)6-10-8-22-14(16-10)23-12-4-3-11(17(19)20)5-9(12)7-15/h3-5,8H,2,6H2,1H3. The van der Waals surface area contributed by atoms with Crippen molar-refractivity contribution in [2.45, 2.75) is 22.6 Å². The quantitative estimate of drug-likeness (QED) is 0.448. The summed E-state index contributed by atoms with van der Waals surface area (Å²) in [6.45, 7) is 2.05. The third-order valence-electron chi connectivity index (χ3n) is 2.65. The lowest BCUT2D eigenvalue weighted by Gasteiger charge is -2.01. The van der Waals surface area contributed by atoms with Gasteiger partial charge >= 0.3 is 5.97 Å². The zero-order valence-corrected chi connectivity index (χ0v) is 13.6. The molecule has 0 amide bonds. The van der Waals surface area contributed by atoms with Gasteiger partial charge in [0.2, 0.25) is 0 Å². The predicted molar refractivity (Wildman–Crippen MR) is 84.4 cm³/mol. The number of thiazole rings is 1. The molecule has 0 N–H and O–H groups in total. The zero-order valence-electron chi connectivity index (χ0n) is 12.0. The maximum Gasteiger partial charge on any atom is 0.311 e. The van der Waals surface area contributed by atoms with Gasteiger partial charge in [-0.2, -0.15) is 5.26 Å². The van der Waals surface area contributed by atoms with E-state index in [1.54, 1.807) is 12.3 Å². The first kappa shape index (κ1) is 16.9. The lowest BCUT2D eigenvalue weighted by molar-refractivity contribution is -0.384. The average Bonchev–Trinajstić information content (AvgIpc) is 2.94. The minimum absolute atomic E-state index is 0.0935. The predicted octanol–water partition coefficient (Wildman–Crippen LogP) is 3.18. The summed E-state index contributed by atoms with van der Waals surface area (Å²) < 4.78 is 5.51. The first-order valence-corrected chi connectivity index (χ1v) is 8.19. The normalized spacial score (nSPS) is 10.1. The maximum atomic E-state index is 11.4. The molecule has 0 radical (unpaired) electrons. The molecule has 2 rings (SSSR count). The van der Waals surface area contributed by atoms with E-state index in [0.29, 0.717) is 21.5 Å². The van der Waals surface area contributed by atoms with E-state index in [1.807, 2.05) is 6.07 Å². The number of rotatable bonds is 6. The summed E-state index contributed by atoms with van der Waals surface area (Å²) >= 11 is 2.57. The van der Waals surface area contributed by atoms with Crippen LogP contribution < -0.4 is 0 Å². The third-order valence-corrected chi connectivity index (χ3v) is 4.72. The molecular weight excluding hydrogens is 338 g/mol. The summed E-state index contributed by atoms with van der Waals surface area (Å²) in [6.07, 6.45) is 0.0935. The minimum Gasteiger partial charge on any atom is -0.466 e. The van der Waals surface area contributed by atoms with E-state index >= 15 is 0 Å². The summed E-state index contributed by atoms with van der Waals surface area (Å²) in [6, 6.07) is 6.04. The largest absolute Gasteiger partial charge is 0.466 e. The Hall–Kier alpha value is -2.44. The molecule has 7 nitrogen and oxygen atoms in total. The summed E-state index contributed by atoms with van der Waals surface area (Å²) in [4.78, 5) is 26.5. The topological polar surface area (TPSA) is 106 Å². The SMILES string of the molecule is CCOC(=O)Cc1csc(Sc2ccc([N+](=O)[O-])cc2C#N)n1. The van der Waals surface area contributed by atoms with Crippen molar-refractivity contribution in [3.63, 3.8) is 0 Å². The van der Waals surface area contributed by atoms with E-state index in [9.17, 15) is 14.9 Å². The summed E-state index contributed by atoms with van der Waals surface area (Å²) in [7, 11) is 0. The van der Waals surface area contributed by atoms with Crippen LogP contribution in [0.4, 0.5) is 5.69 Å². The molecule has 0 aliphatic heterocycles. The first-order valence-electron chi connectivity index (χ1n) is 6.50. The van der Waals surface area contributed by atoms with Crippen LogP contribution in [0.5, 0.6) is 0 Å². The Balaban J connectivity index is 2.14. The first-order chi connectivity index (χ1) is 11.0. The molecule has 0 saturated heterocycles. The number of hydrogen-bond acceptors (Lipinski definition) is 8. The van der Waals surface area contributed by atoms with E-state index in [4.69, 9.17) is 10.00 Å². The number of benzene rings is 1. The molecule has 0 saturated carbocycles. The zero-order chi connectivity index (χ0) is 16.8. The molecule has 0 aliphatic rings. The van der Waals surface area contributed by atoms with Crippen LogP contribution >= 0.6 is 23.1 Å². The smallest absolute Gasteiger partial charge is 0.311 e. The number of carbonyl (C=O) groups excluding carboxylic acids is 1. The van der Waals surface area contributed by atoms with Gasteiger partial charge in [0.25, 0.3) is 5.69 Å². The van der Waals surface area contributed by atoms with Crippen LogP contribution in [0.1, 0.15) is 18.2 Å². The van der Waals surface area contributed by atoms with Gasteiger partial charge in [0, 0.05) is 22.4 Å². The Morgan fingerprint density at radius 1 is 1.57 bits per heavy atom. The Morgan fingerprint density at radius 2 is 2.35 bits per heavy atom. The van der Waals surface area contributed by atoms with Crippen molar-refractivity contribution in [1.82, 2.24) is 4.98 Å². The summed E-state index contributed by atoms with van der Waals surface area (Å²) in [5.74, 6) is -0.345. The lowest BCUT2D eigenvalue weighted by atomic mass is 10.2. The molecule has 1 heterocycles. The number of hydrogen-bond donors (Lipinski definition) is 0. The monoisotopic (exact) mass is 349 g/mol. The molecule has 1 aromatic carbocycles. The molecule has 0 spiro atoms. The third kappa shape index (κ3) is 4.51. The van der Waals surface area contributed by atoms with Gasteiger partial charge in [-0.25, -0.2) is 4.98 Å². The molecule has 0 unspecified atom stereocenters. The van der Waals surface area contributed by atoms with Crippen LogP contribution in [0.3, 0.4) is 0 Å². The second kappa shape index (κ2) is 7.71. The Labute approximate surface area is 140 Å². The van der Waals surface area contributed by atoms with Crippen LogP contribution in [0.25, 0.3) is 0 Å². The molecule has 9 heteroatoms. The fraction of sp³-hybridized carbons (Fsp3) is 0.214. The van der Waals surface area contributed by atoms with Gasteiger partial charge in [-0.1, -0.05) is 11.8 Å². The van der Waals surface area contributed by atoms with Crippen LogP contribution in [-0.2, 0) is 16.0 Å². The Kier molecular flexibility index (Phi) is 5.67. The van der Waals surface area contributed by atoms with Crippen LogP contribution in [-0.4, -0.2) is 22.5 Å². The Bertz CT molecular complexity index is 783. The number of carbonyl (C=O) groups is 1. The minimum atomic E-state index is -0.546. The molecule has 0 fully saturated rings. The Morgan fingerprint density at radius 3 is 3.00 bits per heavy atom. The second-order valence-corrected chi connectivity index (χ2v) is 6.39. The van der Waals surface area contributed by atoms with Crippen molar-refractivity contribution in [2.24, 2.45) is 0 Å². The number of nitrogens with zero attached hydrogens (tertiary/aromatic N) is 3. The number of aromatic nitrogens is 1. The van der Waals surface area contributed by atoms with Gasteiger partial charge in [0.15, 0.2) is 4.34 Å². The van der Waals surface area contributed by atoms with E-state index in [0.717, 1.165) is 0 Å². The highest BCUT2D eigenvalue weighted by atomic mass is 32.2. The fourth-order valence-electron chi connectivity index (χ4n) is 1.68. The number of nitro benzene ring substituents is 1. The summed E-state index contributed by atoms with van der Waals surface area (Å²) in [5, 5.41) is 21.6. The molecular formula is C14H11N3O4S2. The molecule has 0 atom stereocenters. The van der Waals surface area contributed by atoms with Crippen molar-refractivity contribution in [3.05, 3.63) is 45.0 Å². The van der Waals surface area contributed by atoms with Crippen molar-refractivity contribution >= 4 is 34.8 Å². The highest BCUT2D eigenvalue weighted by molar-refractivity contribution is 8.01. The van der Waals surface area contributed by atoms with Crippen LogP contribution in [0.15, 0.2) is 32.8 Å². The molecule has 118 valence electrons. The molecule has 2 aromatic rings. The number of non-ortho nitro benzene ring substituents is 1. The highest BCUT2D eigenvalue weighted by Gasteiger charge is 2.14. The number of nitro groups is 1. The van der Waals surface area contributed by atoms with Gasteiger partial charge in [0.1, 0.15) is 6.07 Å². The van der Waals surface area contributed by atoms with Crippen LogP contribution in [0, 0.1) is 21.4 Å². The lowest BCUT2D eigenvalue weighted by Crippen LogP contribution is -2.07. The highest BCUT2D eigenvalue weighted by Crippen LogP contribution is 2.34. The fourth-order valence-corrected chi connectivity index (χ4v) is 3.53. The van der Waals surface area contributed by atoms with Gasteiger partial charge < -0.3 is 4.74 Å². The van der Waals surface area contributed by atoms with Gasteiger partial charge in [-0.05, 0) is 13.0 Å². The average molecular weight is 349 g/mol. The molecule has 0 bridgehead atoms. The van der Waals surface area contributed by atoms with E-state index in [-0.39, 0.29) is 23.6 Å². The van der Waals surface area contributed by atoms with Crippen molar-refractivity contribution in [1.29, 1.82) is 5.26 Å². The van der Waals surface area contributed by atoms with Crippen LogP contribution in [0.2, 0.25) is 0 Å². The van der Waals surface area contributed by atoms with Gasteiger partial charge in [0.05, 0.1) is 29.2 Å². The number of esters is 1. The van der Waals surface area contributed by atoms with E-state index in [1.165, 1.54) is 41.3 Å². The maximum absolute atomic E-state index is 11.4. The van der Waals surface area contributed by atoms with E-state index in [2.05, 4.69) is 4.98 Å². The molecule has 23 heavy (non-hydrogen) atoms. The molecule has 0 aliphatic carbocycles. The number of ether oxygens (including phenoxy) is 1. The van der Waals surface area contributed by atoms with E-state index < -0.39 is 4.92 Å². The van der Waals surface area contributed by atoms with Gasteiger partial charge in [-0.15, -0.1) is 11.3 Å². The van der Waals surface area contributed by atoms with Gasteiger partial charge in [-0.3, -0.25) is 14.9 Å².